The van der Waals surface area contributed by atoms with E-state index in [4.69, 9.17) is 0 Å². The summed E-state index contributed by atoms with van der Waals surface area (Å²) >= 11 is 0. The van der Waals surface area contributed by atoms with Crippen molar-refractivity contribution >= 4 is 5.69 Å². The highest BCUT2D eigenvalue weighted by molar-refractivity contribution is 5.55. The summed E-state index contributed by atoms with van der Waals surface area (Å²) in [6.07, 6.45) is 1.22. The summed E-state index contributed by atoms with van der Waals surface area (Å²) < 4.78 is 0. The van der Waals surface area contributed by atoms with Gasteiger partial charge in [-0.1, -0.05) is 18.2 Å². The van der Waals surface area contributed by atoms with Gasteiger partial charge in [0.25, 0.3) is 0 Å². The lowest BCUT2D eigenvalue weighted by Gasteiger charge is -2.34. The first kappa shape index (κ1) is 10.5. The number of fused-ring (bicyclic) bond motifs is 1. The molecule has 1 aromatic carbocycles. The van der Waals surface area contributed by atoms with Gasteiger partial charge in [0, 0.05) is 25.8 Å². The Labute approximate surface area is 92.5 Å². The molecule has 1 heterocycles. The molecule has 0 saturated carbocycles. The van der Waals surface area contributed by atoms with E-state index in [1.165, 1.54) is 30.8 Å². The number of hydrogen-bond donors (Lipinski definition) is 0. The molecule has 0 amide bonds. The van der Waals surface area contributed by atoms with Crippen molar-refractivity contribution in [2.75, 3.05) is 39.1 Å². The minimum absolute atomic E-state index is 0.764. The summed E-state index contributed by atoms with van der Waals surface area (Å²) in [7, 11) is 6.50. The fourth-order valence-electron chi connectivity index (χ4n) is 2.56. The maximum absolute atomic E-state index is 2.38. The van der Waals surface area contributed by atoms with Crippen LogP contribution in [0, 0.1) is 5.92 Å². The molecule has 2 nitrogen and oxygen atoms in total. The summed E-state index contributed by atoms with van der Waals surface area (Å²) in [5.74, 6) is 0.764. The number of hydrogen-bond acceptors (Lipinski definition) is 2. The second kappa shape index (κ2) is 4.23. The smallest absolute Gasteiger partial charge is 0.0396 e. The van der Waals surface area contributed by atoms with Gasteiger partial charge in [0.2, 0.25) is 0 Å². The molecule has 1 atom stereocenters. The maximum Gasteiger partial charge on any atom is 0.0396 e. The van der Waals surface area contributed by atoms with Crippen molar-refractivity contribution in [1.29, 1.82) is 0 Å². The Bertz CT molecular complexity index is 333. The van der Waals surface area contributed by atoms with Crippen LogP contribution in [0.5, 0.6) is 0 Å². The molecule has 0 N–H and O–H groups in total. The zero-order valence-electron chi connectivity index (χ0n) is 9.90. The lowest BCUT2D eigenvalue weighted by atomic mass is 9.92. The van der Waals surface area contributed by atoms with Crippen LogP contribution in [0.3, 0.4) is 0 Å². The molecule has 1 aliphatic rings. The highest BCUT2D eigenvalue weighted by Crippen LogP contribution is 2.28. The van der Waals surface area contributed by atoms with E-state index in [1.807, 2.05) is 0 Å². The molecule has 82 valence electrons. The van der Waals surface area contributed by atoms with Gasteiger partial charge in [-0.05, 0) is 38.1 Å². The fourth-order valence-corrected chi connectivity index (χ4v) is 2.56. The molecule has 15 heavy (non-hydrogen) atoms. The molecule has 2 heteroatoms. The Morgan fingerprint density at radius 1 is 1.33 bits per heavy atom. The van der Waals surface area contributed by atoms with Gasteiger partial charge in [-0.15, -0.1) is 0 Å². The van der Waals surface area contributed by atoms with Crippen LogP contribution in [-0.4, -0.2) is 39.1 Å². The minimum atomic E-state index is 0.764. The van der Waals surface area contributed by atoms with Crippen molar-refractivity contribution in [1.82, 2.24) is 4.90 Å². The van der Waals surface area contributed by atoms with Crippen LogP contribution in [0.1, 0.15) is 5.56 Å². The second-order valence-corrected chi connectivity index (χ2v) is 4.84. The van der Waals surface area contributed by atoms with Crippen molar-refractivity contribution < 1.29 is 0 Å². The summed E-state index contributed by atoms with van der Waals surface area (Å²) in [5.41, 5.74) is 2.91. The maximum atomic E-state index is 2.38. The molecule has 1 aliphatic heterocycles. The van der Waals surface area contributed by atoms with E-state index in [1.54, 1.807) is 0 Å². The molecule has 2 rings (SSSR count). The third-order valence-corrected chi connectivity index (χ3v) is 3.07. The average Bonchev–Trinajstić information content (AvgIpc) is 2.16. The van der Waals surface area contributed by atoms with Crippen LogP contribution in [0.15, 0.2) is 24.3 Å². The van der Waals surface area contributed by atoms with Gasteiger partial charge >= 0.3 is 0 Å². The van der Waals surface area contributed by atoms with Crippen molar-refractivity contribution in [2.45, 2.75) is 6.42 Å². The van der Waals surface area contributed by atoms with E-state index in [0.717, 1.165) is 5.92 Å². The second-order valence-electron chi connectivity index (χ2n) is 4.84. The monoisotopic (exact) mass is 204 g/mol. The van der Waals surface area contributed by atoms with E-state index in [9.17, 15) is 0 Å². The first-order chi connectivity index (χ1) is 7.16. The molecule has 1 aromatic rings. The zero-order chi connectivity index (χ0) is 10.8. The van der Waals surface area contributed by atoms with Crippen molar-refractivity contribution in [3.63, 3.8) is 0 Å². The summed E-state index contributed by atoms with van der Waals surface area (Å²) in [4.78, 5) is 4.67. The van der Waals surface area contributed by atoms with E-state index < -0.39 is 0 Å². The van der Waals surface area contributed by atoms with Crippen LogP contribution in [0.25, 0.3) is 0 Å². The Balaban J connectivity index is 2.15. The highest BCUT2D eigenvalue weighted by Gasteiger charge is 2.21. The number of benzene rings is 1. The van der Waals surface area contributed by atoms with E-state index in [0.29, 0.717) is 0 Å². The van der Waals surface area contributed by atoms with Crippen LogP contribution in [0.4, 0.5) is 5.69 Å². The van der Waals surface area contributed by atoms with Gasteiger partial charge in [0.1, 0.15) is 0 Å². The molecular weight excluding hydrogens is 184 g/mol. The predicted octanol–water partition coefficient (Wildman–Crippen LogP) is 1.86. The third-order valence-electron chi connectivity index (χ3n) is 3.07. The average molecular weight is 204 g/mol. The molecule has 0 fully saturated rings. The van der Waals surface area contributed by atoms with Gasteiger partial charge < -0.3 is 9.80 Å². The lowest BCUT2D eigenvalue weighted by Crippen LogP contribution is -2.37. The number of anilines is 1. The Hall–Kier alpha value is -1.02. The summed E-state index contributed by atoms with van der Waals surface area (Å²) in [5, 5.41) is 0. The molecule has 0 bridgehead atoms. The largest absolute Gasteiger partial charge is 0.374 e. The van der Waals surface area contributed by atoms with Crippen molar-refractivity contribution in [3.8, 4) is 0 Å². The summed E-state index contributed by atoms with van der Waals surface area (Å²) in [6, 6.07) is 8.75. The van der Waals surface area contributed by atoms with Crippen molar-refractivity contribution in [3.05, 3.63) is 29.8 Å². The highest BCUT2D eigenvalue weighted by atomic mass is 15.1. The minimum Gasteiger partial charge on any atom is -0.374 e. The number of para-hydroxylation sites is 1. The standard InChI is InChI=1S/C13H20N2/c1-14(2)9-11-8-12-6-4-5-7-13(12)15(3)10-11/h4-7,11H,8-10H2,1-3H3. The Morgan fingerprint density at radius 3 is 2.80 bits per heavy atom. The van der Waals surface area contributed by atoms with E-state index in [2.05, 4.69) is 55.2 Å². The quantitative estimate of drug-likeness (QED) is 0.725. The third kappa shape index (κ3) is 2.32. The van der Waals surface area contributed by atoms with Gasteiger partial charge in [-0.25, -0.2) is 0 Å². The predicted molar refractivity (Wildman–Crippen MR) is 65.5 cm³/mol. The van der Waals surface area contributed by atoms with Gasteiger partial charge in [-0.3, -0.25) is 0 Å². The molecule has 0 aliphatic carbocycles. The normalized spacial score (nSPS) is 20.5. The fraction of sp³-hybridized carbons (Fsp3) is 0.538. The molecule has 0 aromatic heterocycles. The molecule has 1 unspecified atom stereocenters. The van der Waals surface area contributed by atoms with E-state index >= 15 is 0 Å². The summed E-state index contributed by atoms with van der Waals surface area (Å²) in [6.45, 7) is 2.36. The molecular formula is C13H20N2. The SMILES string of the molecule is CN(C)CC1Cc2ccccc2N(C)C1. The topological polar surface area (TPSA) is 6.48 Å². The molecule has 0 saturated heterocycles. The first-order valence-electron chi connectivity index (χ1n) is 5.60. The zero-order valence-corrected chi connectivity index (χ0v) is 9.90. The van der Waals surface area contributed by atoms with Gasteiger partial charge in [-0.2, -0.15) is 0 Å². The molecule has 0 radical (unpaired) electrons. The molecule has 0 spiro atoms. The first-order valence-corrected chi connectivity index (χ1v) is 5.60. The van der Waals surface area contributed by atoms with E-state index in [-0.39, 0.29) is 0 Å². The van der Waals surface area contributed by atoms with Crippen LogP contribution < -0.4 is 4.90 Å². The van der Waals surface area contributed by atoms with Gasteiger partial charge in [0.05, 0.1) is 0 Å². The number of rotatable bonds is 2. The Morgan fingerprint density at radius 2 is 2.07 bits per heavy atom. The lowest BCUT2D eigenvalue weighted by molar-refractivity contribution is 0.320. The Kier molecular flexibility index (Phi) is 2.96. The van der Waals surface area contributed by atoms with Gasteiger partial charge in [0.15, 0.2) is 0 Å². The van der Waals surface area contributed by atoms with Crippen LogP contribution in [-0.2, 0) is 6.42 Å². The van der Waals surface area contributed by atoms with Crippen LogP contribution >= 0.6 is 0 Å². The van der Waals surface area contributed by atoms with Crippen molar-refractivity contribution in [2.24, 2.45) is 5.92 Å². The number of nitrogens with zero attached hydrogens (tertiary/aromatic N) is 2. The van der Waals surface area contributed by atoms with Crippen LogP contribution in [0.2, 0.25) is 0 Å².